The number of rotatable bonds is 5. The highest BCUT2D eigenvalue weighted by atomic mass is 19.2. The van der Waals surface area contributed by atoms with Crippen molar-refractivity contribution in [3.63, 3.8) is 0 Å². The van der Waals surface area contributed by atoms with Crippen LogP contribution in [-0.2, 0) is 11.2 Å². The van der Waals surface area contributed by atoms with Gasteiger partial charge in [-0.25, -0.2) is 8.78 Å². The molecule has 0 aliphatic heterocycles. The van der Waals surface area contributed by atoms with Crippen molar-refractivity contribution >= 4 is 5.78 Å². The quantitative estimate of drug-likeness (QED) is 0.836. The number of hydrogen-bond acceptors (Lipinski definition) is 2. The molecule has 4 heteroatoms. The van der Waals surface area contributed by atoms with Crippen LogP contribution in [0.1, 0.15) is 18.9 Å². The SMILES string of the molecule is CCC(CN)C(=O)Cc1cccc(F)c1F. The van der Waals surface area contributed by atoms with Gasteiger partial charge < -0.3 is 5.73 Å². The fourth-order valence-electron chi connectivity index (χ4n) is 1.54. The van der Waals surface area contributed by atoms with Crippen molar-refractivity contribution in [2.24, 2.45) is 11.7 Å². The summed E-state index contributed by atoms with van der Waals surface area (Å²) < 4.78 is 26.2. The lowest BCUT2D eigenvalue weighted by Gasteiger charge is -2.11. The van der Waals surface area contributed by atoms with Gasteiger partial charge in [0.1, 0.15) is 5.78 Å². The fraction of sp³-hybridized carbons (Fsp3) is 0.417. The third-order valence-corrected chi connectivity index (χ3v) is 2.63. The molecule has 0 fully saturated rings. The molecule has 0 aliphatic carbocycles. The second-order valence-electron chi connectivity index (χ2n) is 3.70. The summed E-state index contributed by atoms with van der Waals surface area (Å²) in [6, 6.07) is 3.84. The minimum Gasteiger partial charge on any atom is -0.330 e. The van der Waals surface area contributed by atoms with Crippen LogP contribution in [0.3, 0.4) is 0 Å². The van der Waals surface area contributed by atoms with Gasteiger partial charge in [0.15, 0.2) is 11.6 Å². The number of halogens is 2. The zero-order chi connectivity index (χ0) is 12.1. The Balaban J connectivity index is 2.80. The molecule has 0 heterocycles. The number of ketones is 1. The topological polar surface area (TPSA) is 43.1 Å². The molecule has 0 radical (unpaired) electrons. The van der Waals surface area contributed by atoms with Crippen molar-refractivity contribution in [3.8, 4) is 0 Å². The Kier molecular flexibility index (Phi) is 4.55. The summed E-state index contributed by atoms with van der Waals surface area (Å²) >= 11 is 0. The van der Waals surface area contributed by atoms with Gasteiger partial charge in [-0.1, -0.05) is 19.1 Å². The molecule has 0 spiro atoms. The molecule has 1 atom stereocenters. The first-order valence-corrected chi connectivity index (χ1v) is 5.25. The summed E-state index contributed by atoms with van der Waals surface area (Å²) in [7, 11) is 0. The van der Waals surface area contributed by atoms with Crippen molar-refractivity contribution in [3.05, 3.63) is 35.4 Å². The molecule has 0 saturated carbocycles. The highest BCUT2D eigenvalue weighted by Crippen LogP contribution is 2.14. The van der Waals surface area contributed by atoms with E-state index in [1.165, 1.54) is 12.1 Å². The van der Waals surface area contributed by atoms with E-state index in [1.807, 2.05) is 6.92 Å². The van der Waals surface area contributed by atoms with Crippen molar-refractivity contribution in [1.29, 1.82) is 0 Å². The predicted octanol–water partition coefficient (Wildman–Crippen LogP) is 2.06. The number of hydrogen-bond donors (Lipinski definition) is 1. The van der Waals surface area contributed by atoms with E-state index in [-0.39, 0.29) is 30.2 Å². The fourth-order valence-corrected chi connectivity index (χ4v) is 1.54. The molecule has 1 aromatic rings. The van der Waals surface area contributed by atoms with Gasteiger partial charge in [-0.05, 0) is 18.1 Å². The van der Waals surface area contributed by atoms with E-state index < -0.39 is 11.6 Å². The summed E-state index contributed by atoms with van der Waals surface area (Å²) in [6.45, 7) is 2.09. The lowest BCUT2D eigenvalue weighted by Crippen LogP contribution is -2.24. The van der Waals surface area contributed by atoms with Crippen molar-refractivity contribution < 1.29 is 13.6 Å². The highest BCUT2D eigenvalue weighted by molar-refractivity contribution is 5.83. The summed E-state index contributed by atoms with van der Waals surface area (Å²) in [5.41, 5.74) is 5.51. The second-order valence-corrected chi connectivity index (χ2v) is 3.70. The lowest BCUT2D eigenvalue weighted by atomic mass is 9.95. The Hall–Kier alpha value is -1.29. The average molecular weight is 227 g/mol. The van der Waals surface area contributed by atoms with Gasteiger partial charge in [0, 0.05) is 18.9 Å². The van der Waals surface area contributed by atoms with Gasteiger partial charge in [0.05, 0.1) is 0 Å². The van der Waals surface area contributed by atoms with Gasteiger partial charge in [-0.2, -0.15) is 0 Å². The number of nitrogens with two attached hydrogens (primary N) is 1. The third kappa shape index (κ3) is 2.85. The first-order valence-electron chi connectivity index (χ1n) is 5.25. The number of carbonyl (C=O) groups excluding carboxylic acids is 1. The van der Waals surface area contributed by atoms with Crippen molar-refractivity contribution in [1.82, 2.24) is 0 Å². The van der Waals surface area contributed by atoms with E-state index in [4.69, 9.17) is 5.73 Å². The van der Waals surface area contributed by atoms with Gasteiger partial charge in [-0.15, -0.1) is 0 Å². The summed E-state index contributed by atoms with van der Waals surface area (Å²) in [5.74, 6) is -2.29. The average Bonchev–Trinajstić information content (AvgIpc) is 2.26. The molecule has 88 valence electrons. The maximum absolute atomic E-state index is 13.3. The Bertz CT molecular complexity index is 375. The molecule has 0 aromatic heterocycles. The van der Waals surface area contributed by atoms with Crippen LogP contribution in [0.15, 0.2) is 18.2 Å². The molecule has 1 unspecified atom stereocenters. The highest BCUT2D eigenvalue weighted by Gasteiger charge is 2.17. The molecular formula is C12H15F2NO. The van der Waals surface area contributed by atoms with Gasteiger partial charge in [0.25, 0.3) is 0 Å². The Labute approximate surface area is 93.5 Å². The number of carbonyl (C=O) groups is 1. The molecule has 16 heavy (non-hydrogen) atoms. The molecule has 0 saturated heterocycles. The summed E-state index contributed by atoms with van der Waals surface area (Å²) in [5, 5.41) is 0. The smallest absolute Gasteiger partial charge is 0.162 e. The maximum atomic E-state index is 13.3. The maximum Gasteiger partial charge on any atom is 0.162 e. The number of Topliss-reactive ketones (excluding diaryl/α,β-unsaturated/α-hetero) is 1. The van der Waals surface area contributed by atoms with Crippen LogP contribution in [0, 0.1) is 17.6 Å². The minimum absolute atomic E-state index is 0.0944. The molecule has 2 N–H and O–H groups in total. The van der Waals surface area contributed by atoms with Crippen LogP contribution in [0.5, 0.6) is 0 Å². The van der Waals surface area contributed by atoms with E-state index in [1.54, 1.807) is 0 Å². The van der Waals surface area contributed by atoms with Gasteiger partial charge >= 0.3 is 0 Å². The molecule has 0 aliphatic rings. The summed E-state index contributed by atoms with van der Waals surface area (Å²) in [4.78, 5) is 11.7. The Morgan fingerprint density at radius 1 is 1.44 bits per heavy atom. The lowest BCUT2D eigenvalue weighted by molar-refractivity contribution is -0.122. The van der Waals surface area contributed by atoms with E-state index in [2.05, 4.69) is 0 Å². The van der Waals surface area contributed by atoms with Crippen LogP contribution in [0.25, 0.3) is 0 Å². The van der Waals surface area contributed by atoms with Gasteiger partial charge in [0.2, 0.25) is 0 Å². The van der Waals surface area contributed by atoms with E-state index in [9.17, 15) is 13.6 Å². The van der Waals surface area contributed by atoms with E-state index in [0.717, 1.165) is 6.07 Å². The Morgan fingerprint density at radius 2 is 2.12 bits per heavy atom. The van der Waals surface area contributed by atoms with Crippen LogP contribution in [0.4, 0.5) is 8.78 Å². The minimum atomic E-state index is -0.942. The van der Waals surface area contributed by atoms with Crippen LogP contribution in [0.2, 0.25) is 0 Å². The zero-order valence-corrected chi connectivity index (χ0v) is 9.17. The largest absolute Gasteiger partial charge is 0.330 e. The predicted molar refractivity (Wildman–Crippen MR) is 57.9 cm³/mol. The van der Waals surface area contributed by atoms with Crippen molar-refractivity contribution in [2.45, 2.75) is 19.8 Å². The number of benzene rings is 1. The zero-order valence-electron chi connectivity index (χ0n) is 9.17. The monoisotopic (exact) mass is 227 g/mol. The Morgan fingerprint density at radius 3 is 2.69 bits per heavy atom. The normalized spacial score (nSPS) is 12.5. The van der Waals surface area contributed by atoms with E-state index >= 15 is 0 Å². The standard InChI is InChI=1S/C12H15F2NO/c1-2-8(7-15)11(16)6-9-4-3-5-10(13)12(9)14/h3-5,8H,2,6-7,15H2,1H3. The van der Waals surface area contributed by atoms with Crippen LogP contribution in [-0.4, -0.2) is 12.3 Å². The summed E-state index contributed by atoms with van der Waals surface area (Å²) in [6.07, 6.45) is 0.519. The molecular weight excluding hydrogens is 212 g/mol. The van der Waals surface area contributed by atoms with Crippen LogP contribution >= 0.6 is 0 Å². The first-order chi connectivity index (χ1) is 7.60. The molecule has 2 nitrogen and oxygen atoms in total. The molecule has 1 rings (SSSR count). The van der Waals surface area contributed by atoms with Crippen molar-refractivity contribution in [2.75, 3.05) is 6.54 Å². The molecule has 0 amide bonds. The molecule has 0 bridgehead atoms. The van der Waals surface area contributed by atoms with Crippen LogP contribution < -0.4 is 5.73 Å². The third-order valence-electron chi connectivity index (χ3n) is 2.63. The van der Waals surface area contributed by atoms with E-state index in [0.29, 0.717) is 6.42 Å². The first kappa shape index (κ1) is 12.8. The molecule has 1 aromatic carbocycles. The van der Waals surface area contributed by atoms with Gasteiger partial charge in [-0.3, -0.25) is 4.79 Å². The second kappa shape index (κ2) is 5.70.